The smallest absolute Gasteiger partial charge is 0.338 e. The topological polar surface area (TPSA) is 92.8 Å². The van der Waals surface area contributed by atoms with Crippen molar-refractivity contribution in [2.24, 2.45) is 23.7 Å². The third-order valence-electron chi connectivity index (χ3n) is 7.55. The molecular formula is C27H25BrN2O5. The molecule has 1 aliphatic heterocycles. The number of hydrogen-bond acceptors (Lipinski definition) is 5. The summed E-state index contributed by atoms with van der Waals surface area (Å²) in [6.07, 6.45) is 2.98. The minimum atomic E-state index is -0.706. The summed E-state index contributed by atoms with van der Waals surface area (Å²) >= 11 is 3.45. The van der Waals surface area contributed by atoms with E-state index in [-0.39, 0.29) is 41.0 Å². The van der Waals surface area contributed by atoms with Gasteiger partial charge in [-0.3, -0.25) is 14.4 Å². The van der Waals surface area contributed by atoms with Gasteiger partial charge in [0.1, 0.15) is 0 Å². The molecular weight excluding hydrogens is 512 g/mol. The quantitative estimate of drug-likeness (QED) is 0.343. The molecule has 0 aromatic heterocycles. The zero-order valence-electron chi connectivity index (χ0n) is 19.6. The average Bonchev–Trinajstić information content (AvgIpc) is 3.48. The van der Waals surface area contributed by atoms with Gasteiger partial charge in [-0.25, -0.2) is 9.69 Å². The van der Waals surface area contributed by atoms with Crippen LogP contribution in [0.3, 0.4) is 0 Å². The van der Waals surface area contributed by atoms with E-state index in [0.29, 0.717) is 11.4 Å². The molecule has 3 amide bonds. The Morgan fingerprint density at radius 2 is 1.80 bits per heavy atom. The molecule has 0 radical (unpaired) electrons. The van der Waals surface area contributed by atoms with Crippen molar-refractivity contribution in [3.05, 3.63) is 69.2 Å². The monoisotopic (exact) mass is 536 g/mol. The van der Waals surface area contributed by atoms with Crippen LogP contribution in [0.4, 0.5) is 11.4 Å². The first-order chi connectivity index (χ1) is 16.7. The summed E-state index contributed by atoms with van der Waals surface area (Å²) in [5.74, 6) is -1.99. The molecule has 35 heavy (non-hydrogen) atoms. The molecule has 0 spiro atoms. The fourth-order valence-corrected chi connectivity index (χ4v) is 6.05. The molecule has 2 fully saturated rings. The van der Waals surface area contributed by atoms with E-state index >= 15 is 0 Å². The number of nitrogens with one attached hydrogen (secondary N) is 1. The number of esters is 1. The predicted octanol–water partition coefficient (Wildman–Crippen LogP) is 4.56. The molecule has 1 saturated heterocycles. The van der Waals surface area contributed by atoms with Crippen LogP contribution in [0.1, 0.15) is 34.8 Å². The molecule has 3 aliphatic rings. The average molecular weight is 537 g/mol. The molecule has 5 rings (SSSR count). The maximum Gasteiger partial charge on any atom is 0.338 e. The molecule has 1 heterocycles. The van der Waals surface area contributed by atoms with Crippen molar-refractivity contribution in [3.63, 3.8) is 0 Å². The molecule has 1 saturated carbocycles. The van der Waals surface area contributed by atoms with E-state index in [2.05, 4.69) is 27.3 Å². The first-order valence-corrected chi connectivity index (χ1v) is 12.4. The van der Waals surface area contributed by atoms with Gasteiger partial charge in [0, 0.05) is 10.2 Å². The van der Waals surface area contributed by atoms with Crippen molar-refractivity contribution >= 4 is 51.0 Å². The van der Waals surface area contributed by atoms with E-state index in [0.717, 1.165) is 22.0 Å². The number of benzene rings is 2. The molecule has 8 heteroatoms. The number of fused-ring (bicyclic) bond motifs is 5. The summed E-state index contributed by atoms with van der Waals surface area (Å²) in [7, 11) is 0. The Morgan fingerprint density at radius 3 is 2.57 bits per heavy atom. The summed E-state index contributed by atoms with van der Waals surface area (Å²) in [4.78, 5) is 52.5. The second-order valence-corrected chi connectivity index (χ2v) is 10.4. The Hall–Kier alpha value is -3.26. The van der Waals surface area contributed by atoms with Gasteiger partial charge < -0.3 is 10.1 Å². The number of anilines is 2. The highest BCUT2D eigenvalue weighted by Crippen LogP contribution is 2.55. The number of nitrogens with zero attached hydrogens (tertiary/aromatic N) is 1. The number of rotatable bonds is 5. The molecule has 180 valence electrons. The molecule has 2 aromatic rings. The zero-order valence-corrected chi connectivity index (χ0v) is 21.2. The normalized spacial score (nSPS) is 24.5. The second kappa shape index (κ2) is 8.75. The van der Waals surface area contributed by atoms with Gasteiger partial charge in [-0.05, 0) is 80.5 Å². The lowest BCUT2D eigenvalue weighted by molar-refractivity contribution is -0.123. The van der Waals surface area contributed by atoms with Crippen LogP contribution in [0.15, 0.2) is 52.5 Å². The SMILES string of the molecule is CC1=C[C@H]2C[C@H]1[C@H]1C(=O)N(c3cccc(C(=O)OCC(=O)Nc4ccc(Br)c(C)c4C)c3)C(=O)[C@@H]12. The van der Waals surface area contributed by atoms with E-state index in [1.54, 1.807) is 18.2 Å². The highest BCUT2D eigenvalue weighted by Gasteiger charge is 2.60. The summed E-state index contributed by atoms with van der Waals surface area (Å²) < 4.78 is 6.14. The van der Waals surface area contributed by atoms with Crippen molar-refractivity contribution in [3.8, 4) is 0 Å². The summed E-state index contributed by atoms with van der Waals surface area (Å²) in [6, 6.07) is 9.87. The molecule has 4 atom stereocenters. The van der Waals surface area contributed by atoms with Crippen molar-refractivity contribution in [2.45, 2.75) is 27.2 Å². The van der Waals surface area contributed by atoms with Gasteiger partial charge >= 0.3 is 5.97 Å². The lowest BCUT2D eigenvalue weighted by Crippen LogP contribution is -2.33. The van der Waals surface area contributed by atoms with Gasteiger partial charge in [-0.1, -0.05) is 33.6 Å². The highest BCUT2D eigenvalue weighted by molar-refractivity contribution is 9.10. The maximum atomic E-state index is 13.2. The van der Waals surface area contributed by atoms with Gasteiger partial charge in [0.2, 0.25) is 11.8 Å². The van der Waals surface area contributed by atoms with E-state index in [4.69, 9.17) is 4.74 Å². The zero-order chi connectivity index (χ0) is 25.0. The number of imide groups is 1. The van der Waals surface area contributed by atoms with E-state index in [9.17, 15) is 19.2 Å². The fourth-order valence-electron chi connectivity index (χ4n) is 5.62. The van der Waals surface area contributed by atoms with Crippen molar-refractivity contribution in [1.29, 1.82) is 0 Å². The third kappa shape index (κ3) is 3.89. The van der Waals surface area contributed by atoms with Crippen molar-refractivity contribution in [1.82, 2.24) is 0 Å². The largest absolute Gasteiger partial charge is 0.452 e. The van der Waals surface area contributed by atoms with Gasteiger partial charge in [0.15, 0.2) is 6.61 Å². The maximum absolute atomic E-state index is 13.2. The van der Waals surface area contributed by atoms with Crippen LogP contribution in [0.25, 0.3) is 0 Å². The highest BCUT2D eigenvalue weighted by atomic mass is 79.9. The number of amides is 3. The van der Waals surface area contributed by atoms with Crippen LogP contribution in [0.2, 0.25) is 0 Å². The predicted molar refractivity (Wildman–Crippen MR) is 134 cm³/mol. The number of allylic oxidation sites excluding steroid dienone is 2. The lowest BCUT2D eigenvalue weighted by atomic mass is 9.82. The van der Waals surface area contributed by atoms with Gasteiger partial charge in [-0.15, -0.1) is 0 Å². The first kappa shape index (κ1) is 23.5. The van der Waals surface area contributed by atoms with Crippen LogP contribution in [-0.4, -0.2) is 30.3 Å². The summed E-state index contributed by atoms with van der Waals surface area (Å²) in [5.41, 5.74) is 4.26. The molecule has 1 N–H and O–H groups in total. The molecule has 2 aliphatic carbocycles. The lowest BCUT2D eigenvalue weighted by Gasteiger charge is -2.19. The van der Waals surface area contributed by atoms with E-state index < -0.39 is 18.5 Å². The van der Waals surface area contributed by atoms with Gasteiger partial charge in [0.05, 0.1) is 23.1 Å². The summed E-state index contributed by atoms with van der Waals surface area (Å²) in [5, 5.41) is 2.75. The number of halogens is 1. The second-order valence-electron chi connectivity index (χ2n) is 9.50. The minimum absolute atomic E-state index is 0.108. The molecule has 2 bridgehead atoms. The Labute approximate surface area is 211 Å². The third-order valence-corrected chi connectivity index (χ3v) is 8.41. The Kier molecular flexibility index (Phi) is 5.87. The van der Waals surface area contributed by atoms with Gasteiger partial charge in [0.25, 0.3) is 5.91 Å². The van der Waals surface area contributed by atoms with Crippen molar-refractivity contribution < 1.29 is 23.9 Å². The number of carbonyl (C=O) groups is 4. The Balaban J connectivity index is 1.25. The van der Waals surface area contributed by atoms with Crippen molar-refractivity contribution in [2.75, 3.05) is 16.8 Å². The standard InChI is InChI=1S/C27H25BrN2O5/c1-13-9-17-11-19(13)24-23(17)25(32)30(26(24)33)18-6-4-5-16(10-18)27(34)35-12-22(31)29-21-8-7-20(28)14(2)15(21)3/h4-10,17,19,23-24H,11-12H2,1-3H3,(H,29,31)/t17-,19+,23+,24+/m0/s1. The van der Waals surface area contributed by atoms with Crippen LogP contribution in [0, 0.1) is 37.5 Å². The van der Waals surface area contributed by atoms with Gasteiger partial charge in [-0.2, -0.15) is 0 Å². The van der Waals surface area contributed by atoms with Crippen LogP contribution in [-0.2, 0) is 19.1 Å². The number of ether oxygens (including phenoxy) is 1. The van der Waals surface area contributed by atoms with E-state index in [1.807, 2.05) is 26.8 Å². The fraction of sp³-hybridized carbons (Fsp3) is 0.333. The Morgan fingerprint density at radius 1 is 1.06 bits per heavy atom. The van der Waals surface area contributed by atoms with Crippen LogP contribution < -0.4 is 10.2 Å². The molecule has 0 unspecified atom stereocenters. The van der Waals surface area contributed by atoms with Crippen LogP contribution in [0.5, 0.6) is 0 Å². The molecule has 7 nitrogen and oxygen atoms in total. The number of hydrogen-bond donors (Lipinski definition) is 1. The number of carbonyl (C=O) groups excluding carboxylic acids is 4. The molecule has 2 aromatic carbocycles. The minimum Gasteiger partial charge on any atom is -0.452 e. The van der Waals surface area contributed by atoms with E-state index in [1.165, 1.54) is 22.6 Å². The Bertz CT molecular complexity index is 1320. The summed E-state index contributed by atoms with van der Waals surface area (Å²) in [6.45, 7) is 5.39. The first-order valence-electron chi connectivity index (χ1n) is 11.6. The van der Waals surface area contributed by atoms with Crippen LogP contribution >= 0.6 is 15.9 Å².